The number of hydrogen-bond acceptors (Lipinski definition) is 4. The van der Waals surface area contributed by atoms with Gasteiger partial charge in [-0.25, -0.2) is 0 Å². The first-order valence-electron chi connectivity index (χ1n) is 6.24. The van der Waals surface area contributed by atoms with Crippen LogP contribution >= 0.6 is 22.6 Å². The van der Waals surface area contributed by atoms with E-state index in [2.05, 4.69) is 22.6 Å². The molecule has 0 fully saturated rings. The number of carbonyl (C=O) groups is 2. The van der Waals surface area contributed by atoms with Gasteiger partial charge in [0.2, 0.25) is 0 Å². The fraction of sp³-hybridized carbons (Fsp3) is 0.125. The molecule has 0 spiro atoms. The smallest absolute Gasteiger partial charge is 0.308 e. The van der Waals surface area contributed by atoms with Crippen LogP contribution in [-0.2, 0) is 11.4 Å². The first-order valence-corrected chi connectivity index (χ1v) is 7.32. The Hall–Kier alpha value is -1.89. The minimum atomic E-state index is -0.362. The van der Waals surface area contributed by atoms with Crippen molar-refractivity contribution in [3.05, 3.63) is 57.2 Å². The average Bonchev–Trinajstić information content (AvgIpc) is 2.46. The van der Waals surface area contributed by atoms with Gasteiger partial charge in [0.1, 0.15) is 24.4 Å². The molecule has 0 aromatic heterocycles. The average molecular weight is 396 g/mol. The van der Waals surface area contributed by atoms with E-state index in [0.717, 1.165) is 15.4 Å². The van der Waals surface area contributed by atoms with Gasteiger partial charge in [-0.15, -0.1) is 0 Å². The zero-order valence-corrected chi connectivity index (χ0v) is 13.5. The topological polar surface area (TPSA) is 52.6 Å². The van der Waals surface area contributed by atoms with Crippen molar-refractivity contribution in [3.8, 4) is 11.5 Å². The maximum Gasteiger partial charge on any atom is 0.308 e. The molecule has 2 aromatic carbocycles. The Balaban J connectivity index is 2.10. The van der Waals surface area contributed by atoms with Crippen molar-refractivity contribution in [2.45, 2.75) is 13.5 Å². The third-order valence-electron chi connectivity index (χ3n) is 2.73. The Kier molecular flexibility index (Phi) is 5.32. The van der Waals surface area contributed by atoms with Crippen molar-refractivity contribution < 1.29 is 19.1 Å². The SMILES string of the molecule is CC(=O)Oc1ccc(OCc2ccccc2C=O)c(I)c1. The summed E-state index contributed by atoms with van der Waals surface area (Å²) in [4.78, 5) is 21.8. The molecule has 0 saturated carbocycles. The van der Waals surface area contributed by atoms with Gasteiger partial charge in [-0.2, -0.15) is 0 Å². The van der Waals surface area contributed by atoms with Gasteiger partial charge in [0.25, 0.3) is 0 Å². The summed E-state index contributed by atoms with van der Waals surface area (Å²) in [5.74, 6) is 0.791. The predicted molar refractivity (Wildman–Crippen MR) is 86.6 cm³/mol. The Bertz CT molecular complexity index is 667. The Morgan fingerprint density at radius 3 is 2.67 bits per heavy atom. The zero-order valence-electron chi connectivity index (χ0n) is 11.3. The van der Waals surface area contributed by atoms with Crippen LogP contribution in [0.15, 0.2) is 42.5 Å². The van der Waals surface area contributed by atoms with E-state index in [1.54, 1.807) is 24.3 Å². The summed E-state index contributed by atoms with van der Waals surface area (Å²) in [5.41, 5.74) is 1.44. The van der Waals surface area contributed by atoms with Crippen LogP contribution in [0.2, 0.25) is 0 Å². The number of carbonyl (C=O) groups excluding carboxylic acids is 2. The van der Waals surface area contributed by atoms with E-state index in [1.807, 2.05) is 18.2 Å². The number of halogens is 1. The van der Waals surface area contributed by atoms with Crippen LogP contribution in [0.3, 0.4) is 0 Å². The van der Waals surface area contributed by atoms with E-state index in [0.29, 0.717) is 23.7 Å². The molecule has 0 amide bonds. The second-order valence-corrected chi connectivity index (χ2v) is 5.45. The molecule has 0 N–H and O–H groups in total. The number of ether oxygens (including phenoxy) is 2. The quantitative estimate of drug-likeness (QED) is 0.336. The molecule has 4 nitrogen and oxygen atoms in total. The number of esters is 1. The summed E-state index contributed by atoms with van der Waals surface area (Å²) < 4.78 is 11.6. The van der Waals surface area contributed by atoms with Crippen LogP contribution in [0, 0.1) is 3.57 Å². The van der Waals surface area contributed by atoms with E-state index in [4.69, 9.17) is 9.47 Å². The molecular weight excluding hydrogens is 383 g/mol. The molecule has 0 aliphatic heterocycles. The summed E-state index contributed by atoms with van der Waals surface area (Å²) in [6.07, 6.45) is 0.813. The van der Waals surface area contributed by atoms with Crippen molar-refractivity contribution in [2.24, 2.45) is 0 Å². The molecule has 108 valence electrons. The highest BCUT2D eigenvalue weighted by Crippen LogP contribution is 2.26. The molecule has 0 bridgehead atoms. The van der Waals surface area contributed by atoms with Crippen molar-refractivity contribution >= 4 is 34.8 Å². The van der Waals surface area contributed by atoms with Crippen LogP contribution in [0.1, 0.15) is 22.8 Å². The minimum Gasteiger partial charge on any atom is -0.488 e. The Labute approximate surface area is 136 Å². The van der Waals surface area contributed by atoms with Crippen molar-refractivity contribution in [1.29, 1.82) is 0 Å². The minimum absolute atomic E-state index is 0.303. The van der Waals surface area contributed by atoms with Crippen LogP contribution in [-0.4, -0.2) is 12.3 Å². The second-order valence-electron chi connectivity index (χ2n) is 4.29. The Morgan fingerprint density at radius 1 is 1.24 bits per heavy atom. The van der Waals surface area contributed by atoms with Crippen LogP contribution in [0.25, 0.3) is 0 Å². The molecule has 0 radical (unpaired) electrons. The zero-order chi connectivity index (χ0) is 15.2. The van der Waals surface area contributed by atoms with Crippen LogP contribution in [0.4, 0.5) is 0 Å². The first-order chi connectivity index (χ1) is 10.1. The van der Waals surface area contributed by atoms with Gasteiger partial charge in [-0.3, -0.25) is 9.59 Å². The standard InChI is InChI=1S/C16H13IO4/c1-11(19)21-14-6-7-16(15(17)8-14)20-10-13-5-3-2-4-12(13)9-18/h2-9H,10H2,1H3. The van der Waals surface area contributed by atoms with Gasteiger partial charge in [0.05, 0.1) is 3.57 Å². The highest BCUT2D eigenvalue weighted by Gasteiger charge is 2.07. The number of benzene rings is 2. The molecule has 0 saturated heterocycles. The normalized spacial score (nSPS) is 10.0. The number of hydrogen-bond donors (Lipinski definition) is 0. The Morgan fingerprint density at radius 2 is 2.00 bits per heavy atom. The molecule has 0 unspecified atom stereocenters. The number of aldehydes is 1. The van der Waals surface area contributed by atoms with Crippen LogP contribution in [0.5, 0.6) is 11.5 Å². The van der Waals surface area contributed by atoms with E-state index in [1.165, 1.54) is 6.92 Å². The summed E-state index contributed by atoms with van der Waals surface area (Å²) in [6.45, 7) is 1.66. The van der Waals surface area contributed by atoms with E-state index in [9.17, 15) is 9.59 Å². The third-order valence-corrected chi connectivity index (χ3v) is 3.57. The summed E-state index contributed by atoms with van der Waals surface area (Å²) in [6, 6.07) is 12.4. The maximum absolute atomic E-state index is 10.9. The van der Waals surface area contributed by atoms with Gasteiger partial charge in [-0.05, 0) is 46.4 Å². The highest BCUT2D eigenvalue weighted by molar-refractivity contribution is 14.1. The lowest BCUT2D eigenvalue weighted by atomic mass is 10.1. The van der Waals surface area contributed by atoms with Crippen molar-refractivity contribution in [3.63, 3.8) is 0 Å². The van der Waals surface area contributed by atoms with Crippen molar-refractivity contribution in [1.82, 2.24) is 0 Å². The van der Waals surface area contributed by atoms with Gasteiger partial charge in [-0.1, -0.05) is 24.3 Å². The lowest BCUT2D eigenvalue weighted by Gasteiger charge is -2.10. The molecule has 2 aromatic rings. The number of rotatable bonds is 5. The fourth-order valence-electron chi connectivity index (χ4n) is 1.76. The fourth-order valence-corrected chi connectivity index (χ4v) is 2.41. The maximum atomic E-state index is 10.9. The second kappa shape index (κ2) is 7.21. The summed E-state index contributed by atoms with van der Waals surface area (Å²) in [7, 11) is 0. The molecule has 0 heterocycles. The molecule has 2 rings (SSSR count). The van der Waals surface area contributed by atoms with Gasteiger partial charge >= 0.3 is 5.97 Å². The van der Waals surface area contributed by atoms with Gasteiger partial charge < -0.3 is 9.47 Å². The van der Waals surface area contributed by atoms with Crippen LogP contribution < -0.4 is 9.47 Å². The first kappa shape index (κ1) is 15.5. The third kappa shape index (κ3) is 4.29. The monoisotopic (exact) mass is 396 g/mol. The largest absolute Gasteiger partial charge is 0.488 e. The molecule has 0 atom stereocenters. The molecule has 0 aliphatic carbocycles. The van der Waals surface area contributed by atoms with E-state index < -0.39 is 0 Å². The molecule has 0 aliphatic rings. The molecular formula is C16H13IO4. The van der Waals surface area contributed by atoms with E-state index in [-0.39, 0.29) is 5.97 Å². The lowest BCUT2D eigenvalue weighted by Crippen LogP contribution is -2.03. The molecule has 5 heteroatoms. The van der Waals surface area contributed by atoms with Gasteiger partial charge in [0.15, 0.2) is 0 Å². The lowest BCUT2D eigenvalue weighted by molar-refractivity contribution is -0.131. The summed E-state index contributed by atoms with van der Waals surface area (Å²) >= 11 is 2.11. The van der Waals surface area contributed by atoms with E-state index >= 15 is 0 Å². The predicted octanol–water partition coefficient (Wildman–Crippen LogP) is 3.61. The van der Waals surface area contributed by atoms with Gasteiger partial charge in [0, 0.05) is 12.5 Å². The highest BCUT2D eigenvalue weighted by atomic mass is 127. The summed E-state index contributed by atoms with van der Waals surface area (Å²) in [5, 5.41) is 0. The molecule has 21 heavy (non-hydrogen) atoms. The van der Waals surface area contributed by atoms with Crippen molar-refractivity contribution in [2.75, 3.05) is 0 Å².